The van der Waals surface area contributed by atoms with Gasteiger partial charge < -0.3 is 10.4 Å². The molecule has 0 radical (unpaired) electrons. The minimum absolute atomic E-state index is 0.110. The SMILES string of the molecule is O=C1C2C3C[C@H](Cl)CN3C3(C(=O)Nc4c(Cl)cc(Cl)cc43)C2C(=O)N1c1cc(Cl)c(O)c(Cl)c1. The van der Waals surface area contributed by atoms with Gasteiger partial charge in [0.15, 0.2) is 5.75 Å². The molecule has 6 rings (SSSR count). The van der Waals surface area contributed by atoms with E-state index in [9.17, 15) is 19.5 Å². The summed E-state index contributed by atoms with van der Waals surface area (Å²) < 4.78 is 0. The lowest BCUT2D eigenvalue weighted by atomic mass is 9.75. The maximum absolute atomic E-state index is 14.0. The number of nitrogens with zero attached hydrogens (tertiary/aromatic N) is 2. The number of alkyl halides is 1. The number of amides is 3. The van der Waals surface area contributed by atoms with E-state index in [-0.39, 0.29) is 31.9 Å². The Morgan fingerprint density at radius 3 is 2.32 bits per heavy atom. The summed E-state index contributed by atoms with van der Waals surface area (Å²) >= 11 is 31.3. The van der Waals surface area contributed by atoms with Crippen LogP contribution in [0.15, 0.2) is 24.3 Å². The first-order valence-electron chi connectivity index (χ1n) is 10.3. The fourth-order valence-corrected chi connectivity index (χ4v) is 7.46. The van der Waals surface area contributed by atoms with E-state index in [1.165, 1.54) is 18.2 Å². The quantitative estimate of drug-likeness (QED) is 0.391. The molecule has 1 spiro atoms. The van der Waals surface area contributed by atoms with E-state index in [0.29, 0.717) is 29.2 Å². The summed E-state index contributed by atoms with van der Waals surface area (Å²) in [6.45, 7) is 0.313. The molecule has 0 aromatic heterocycles. The van der Waals surface area contributed by atoms with Crippen molar-refractivity contribution in [1.29, 1.82) is 0 Å². The Hall–Kier alpha value is -1.74. The van der Waals surface area contributed by atoms with E-state index >= 15 is 0 Å². The second-order valence-corrected chi connectivity index (χ2v) is 11.1. The lowest BCUT2D eigenvalue weighted by Gasteiger charge is -2.36. The van der Waals surface area contributed by atoms with Crippen molar-refractivity contribution < 1.29 is 19.5 Å². The third kappa shape index (κ3) is 2.68. The molecule has 0 aliphatic carbocycles. The van der Waals surface area contributed by atoms with Crippen LogP contribution in [-0.2, 0) is 19.9 Å². The van der Waals surface area contributed by atoms with Crippen molar-refractivity contribution in [1.82, 2.24) is 4.90 Å². The molecule has 3 amide bonds. The lowest BCUT2D eigenvalue weighted by Crippen LogP contribution is -2.54. The fourth-order valence-electron chi connectivity index (χ4n) is 6.12. The summed E-state index contributed by atoms with van der Waals surface area (Å²) in [7, 11) is 0. The molecule has 4 aliphatic rings. The van der Waals surface area contributed by atoms with Crippen molar-refractivity contribution >= 4 is 87.1 Å². The Labute approximate surface area is 218 Å². The second kappa shape index (κ2) is 7.38. The van der Waals surface area contributed by atoms with Gasteiger partial charge in [-0.25, -0.2) is 4.90 Å². The number of carbonyl (C=O) groups excluding carboxylic acids is 3. The van der Waals surface area contributed by atoms with Gasteiger partial charge in [0, 0.05) is 28.5 Å². The van der Waals surface area contributed by atoms with Gasteiger partial charge >= 0.3 is 0 Å². The number of hydrogen-bond donors (Lipinski definition) is 2. The maximum atomic E-state index is 14.0. The summed E-state index contributed by atoms with van der Waals surface area (Å²) in [6, 6.07) is 5.25. The molecule has 5 atom stereocenters. The van der Waals surface area contributed by atoms with Crippen molar-refractivity contribution in [3.05, 3.63) is 49.9 Å². The summed E-state index contributed by atoms with van der Waals surface area (Å²) in [5, 5.41) is 12.7. The van der Waals surface area contributed by atoms with Gasteiger partial charge in [0.2, 0.25) is 11.8 Å². The van der Waals surface area contributed by atoms with Crippen molar-refractivity contribution in [2.24, 2.45) is 11.8 Å². The van der Waals surface area contributed by atoms with Gasteiger partial charge in [0.25, 0.3) is 5.91 Å². The summed E-state index contributed by atoms with van der Waals surface area (Å²) in [5.74, 6) is -3.76. The number of rotatable bonds is 1. The van der Waals surface area contributed by atoms with Crippen LogP contribution in [0.25, 0.3) is 0 Å². The molecule has 34 heavy (non-hydrogen) atoms. The average molecular weight is 562 g/mol. The Morgan fingerprint density at radius 2 is 1.65 bits per heavy atom. The minimum atomic E-state index is -1.51. The number of anilines is 2. The van der Waals surface area contributed by atoms with E-state index in [0.717, 1.165) is 4.90 Å². The minimum Gasteiger partial charge on any atom is -0.505 e. The van der Waals surface area contributed by atoms with Crippen molar-refractivity contribution in [3.8, 4) is 5.75 Å². The lowest BCUT2D eigenvalue weighted by molar-refractivity contribution is -0.135. The van der Waals surface area contributed by atoms with Crippen LogP contribution in [0.2, 0.25) is 20.1 Å². The van der Waals surface area contributed by atoms with Crippen molar-refractivity contribution in [2.75, 3.05) is 16.8 Å². The Bertz CT molecular complexity index is 1310. The van der Waals surface area contributed by atoms with Gasteiger partial charge in [0.1, 0.15) is 5.54 Å². The molecule has 2 aromatic rings. The van der Waals surface area contributed by atoms with Crippen LogP contribution in [0.4, 0.5) is 11.4 Å². The fraction of sp³-hybridized carbons (Fsp3) is 0.318. The first-order valence-corrected chi connectivity index (χ1v) is 12.3. The number of aromatic hydroxyl groups is 1. The molecule has 176 valence electrons. The van der Waals surface area contributed by atoms with Crippen molar-refractivity contribution in [3.63, 3.8) is 0 Å². The molecule has 7 nitrogen and oxygen atoms in total. The molecular weight excluding hydrogens is 548 g/mol. The van der Waals surface area contributed by atoms with Crippen LogP contribution in [0.5, 0.6) is 5.75 Å². The highest BCUT2D eigenvalue weighted by atomic mass is 35.5. The smallest absolute Gasteiger partial charge is 0.250 e. The topological polar surface area (TPSA) is 90.0 Å². The highest BCUT2D eigenvalue weighted by molar-refractivity contribution is 6.39. The van der Waals surface area contributed by atoms with Crippen LogP contribution in [0, 0.1) is 11.8 Å². The van der Waals surface area contributed by atoms with E-state index in [1.807, 2.05) is 4.90 Å². The van der Waals surface area contributed by atoms with Crippen LogP contribution >= 0.6 is 58.0 Å². The maximum Gasteiger partial charge on any atom is 0.250 e. The van der Waals surface area contributed by atoms with E-state index < -0.39 is 41.1 Å². The molecule has 3 saturated heterocycles. The predicted molar refractivity (Wildman–Crippen MR) is 129 cm³/mol. The molecule has 4 heterocycles. The Morgan fingerprint density at radius 1 is 0.971 bits per heavy atom. The van der Waals surface area contributed by atoms with Gasteiger partial charge in [-0.2, -0.15) is 0 Å². The van der Waals surface area contributed by atoms with Gasteiger partial charge in [-0.1, -0.05) is 46.4 Å². The number of phenols is 1. The molecule has 12 heteroatoms. The van der Waals surface area contributed by atoms with Gasteiger partial charge in [-0.15, -0.1) is 11.6 Å². The number of nitrogens with one attached hydrogen (secondary N) is 1. The standard InChI is InChI=1S/C22H14Cl5N3O4/c23-7-1-10-17(11(25)2-7)28-21(34)22(10)16-15(14-3-8(24)6-29(14)22)19(32)30(20(16)33)9-4-12(26)18(31)13(27)5-9/h1-2,4-5,8,14-16,31H,3,6H2,(H,28,34)/t8-,14?,15?,16?,22?/m0/s1. The van der Waals surface area contributed by atoms with Crippen LogP contribution in [0.3, 0.4) is 0 Å². The number of fused-ring (bicyclic) bond motifs is 7. The van der Waals surface area contributed by atoms with Gasteiger partial charge in [-0.3, -0.25) is 19.3 Å². The van der Waals surface area contributed by atoms with Crippen LogP contribution in [0.1, 0.15) is 12.0 Å². The largest absolute Gasteiger partial charge is 0.505 e. The molecule has 0 saturated carbocycles. The van der Waals surface area contributed by atoms with E-state index in [4.69, 9.17) is 58.0 Å². The molecular formula is C22H14Cl5N3O4. The number of phenolic OH excluding ortho intramolecular Hbond substituents is 1. The number of carbonyl (C=O) groups is 3. The summed E-state index contributed by atoms with van der Waals surface area (Å²) in [5.41, 5.74) is -0.581. The third-order valence-corrected chi connectivity index (χ3v) is 8.68. The molecule has 0 bridgehead atoms. The second-order valence-electron chi connectivity index (χ2n) is 8.86. The van der Waals surface area contributed by atoms with E-state index in [1.54, 1.807) is 6.07 Å². The number of hydrogen-bond acceptors (Lipinski definition) is 5. The number of halogens is 5. The highest BCUT2D eigenvalue weighted by Gasteiger charge is 2.75. The normalized spacial score (nSPS) is 31.9. The zero-order valence-corrected chi connectivity index (χ0v) is 20.8. The summed E-state index contributed by atoms with van der Waals surface area (Å²) in [6.07, 6.45) is 0.422. The average Bonchev–Trinajstić information content (AvgIpc) is 3.42. The molecule has 2 aromatic carbocycles. The summed E-state index contributed by atoms with van der Waals surface area (Å²) in [4.78, 5) is 44.3. The first-order chi connectivity index (χ1) is 16.1. The highest BCUT2D eigenvalue weighted by Crippen LogP contribution is 2.62. The van der Waals surface area contributed by atoms with Crippen LogP contribution in [-0.4, -0.2) is 45.7 Å². The first kappa shape index (κ1) is 22.7. The monoisotopic (exact) mass is 559 g/mol. The number of imide groups is 1. The van der Waals surface area contributed by atoms with Crippen LogP contribution < -0.4 is 10.2 Å². The van der Waals surface area contributed by atoms with Gasteiger partial charge in [-0.05, 0) is 30.7 Å². The van der Waals surface area contributed by atoms with Crippen molar-refractivity contribution in [2.45, 2.75) is 23.4 Å². The molecule has 3 fully saturated rings. The zero-order chi connectivity index (χ0) is 24.3. The Balaban J connectivity index is 1.58. The molecule has 2 N–H and O–H groups in total. The number of benzene rings is 2. The third-order valence-electron chi connectivity index (χ3n) is 7.27. The molecule has 4 unspecified atom stereocenters. The zero-order valence-electron chi connectivity index (χ0n) is 17.0. The molecule has 4 aliphatic heterocycles. The Kier molecular flexibility index (Phi) is 4.93. The van der Waals surface area contributed by atoms with E-state index in [2.05, 4.69) is 5.32 Å². The predicted octanol–water partition coefficient (Wildman–Crippen LogP) is 4.65. The van der Waals surface area contributed by atoms with Gasteiger partial charge in [0.05, 0.1) is 38.3 Å².